The number of hydrogen-bond acceptors (Lipinski definition) is 8. The summed E-state index contributed by atoms with van der Waals surface area (Å²) in [6.07, 6.45) is 0.464. The molecule has 0 radical (unpaired) electrons. The van der Waals surface area contributed by atoms with Gasteiger partial charge in [0.2, 0.25) is 11.9 Å². The Kier molecular flexibility index (Phi) is 5.92. The zero-order valence-corrected chi connectivity index (χ0v) is 17.7. The van der Waals surface area contributed by atoms with Crippen LogP contribution in [0.25, 0.3) is 17.1 Å². The van der Waals surface area contributed by atoms with Gasteiger partial charge in [-0.2, -0.15) is 10.1 Å². The molecule has 162 valence electrons. The van der Waals surface area contributed by atoms with Crippen molar-refractivity contribution in [2.45, 2.75) is 18.0 Å². The number of hydrogen-bond donors (Lipinski definition) is 2. The van der Waals surface area contributed by atoms with Crippen LogP contribution in [0.4, 0.5) is 14.7 Å². The van der Waals surface area contributed by atoms with Gasteiger partial charge in [-0.15, -0.1) is 11.8 Å². The smallest absolute Gasteiger partial charge is 0.255 e. The van der Waals surface area contributed by atoms with Gasteiger partial charge in [-0.25, -0.2) is 18.4 Å². The van der Waals surface area contributed by atoms with Crippen molar-refractivity contribution in [3.05, 3.63) is 34.2 Å². The number of aromatic nitrogens is 5. The molecule has 0 saturated carbocycles. The van der Waals surface area contributed by atoms with Gasteiger partial charge in [0, 0.05) is 23.6 Å². The van der Waals surface area contributed by atoms with Crippen molar-refractivity contribution in [2.75, 3.05) is 25.1 Å². The predicted octanol–water partition coefficient (Wildman–Crippen LogP) is 2.38. The summed E-state index contributed by atoms with van der Waals surface area (Å²) in [5.74, 6) is 0.132. The summed E-state index contributed by atoms with van der Waals surface area (Å²) in [6, 6.07) is 1.64. The Morgan fingerprint density at radius 2 is 2.26 bits per heavy atom. The van der Waals surface area contributed by atoms with E-state index in [9.17, 15) is 13.6 Å². The number of alkyl halides is 2. The summed E-state index contributed by atoms with van der Waals surface area (Å²) in [5, 5.41) is 8.24. The summed E-state index contributed by atoms with van der Waals surface area (Å²) in [5.41, 5.74) is 7.53. The maximum atomic E-state index is 12.5. The maximum absolute atomic E-state index is 12.5. The van der Waals surface area contributed by atoms with Gasteiger partial charge in [-0.05, 0) is 6.08 Å². The van der Waals surface area contributed by atoms with Gasteiger partial charge in [0.05, 0.1) is 37.0 Å². The molecule has 4 rings (SSSR count). The molecule has 0 spiro atoms. The number of amides is 1. The standard InChI is InChI=1S/C18H16ClF2N7O2S/c1-30-11-2-3-23-10(14(11)19)6-28-15-13-9(27-28)4-8(16(29)24-5-12(20)21)7-31-17(13)26-18(22)25-15/h2-4,12H,5-7H2,1H3,(H,24,29)(H2,22,25,26). The highest BCUT2D eigenvalue weighted by Gasteiger charge is 2.24. The lowest BCUT2D eigenvalue weighted by Crippen LogP contribution is -2.30. The summed E-state index contributed by atoms with van der Waals surface area (Å²) in [4.78, 5) is 25.2. The van der Waals surface area contributed by atoms with Gasteiger partial charge in [-0.3, -0.25) is 9.78 Å². The molecule has 1 aliphatic heterocycles. The highest BCUT2D eigenvalue weighted by molar-refractivity contribution is 7.99. The Hall–Kier alpha value is -2.99. The fraction of sp³-hybridized carbons (Fsp3) is 0.278. The molecule has 0 unspecified atom stereocenters. The van der Waals surface area contributed by atoms with Gasteiger partial charge >= 0.3 is 0 Å². The Morgan fingerprint density at radius 1 is 1.45 bits per heavy atom. The van der Waals surface area contributed by atoms with E-state index < -0.39 is 18.9 Å². The van der Waals surface area contributed by atoms with E-state index in [0.29, 0.717) is 38.2 Å². The zero-order chi connectivity index (χ0) is 22.1. The van der Waals surface area contributed by atoms with Crippen LogP contribution in [0.3, 0.4) is 0 Å². The average Bonchev–Trinajstić information content (AvgIpc) is 2.95. The predicted molar refractivity (Wildman–Crippen MR) is 112 cm³/mol. The molecule has 0 aliphatic carbocycles. The summed E-state index contributed by atoms with van der Waals surface area (Å²) >= 11 is 7.61. The van der Waals surface area contributed by atoms with Crippen LogP contribution in [0.2, 0.25) is 5.02 Å². The first kappa shape index (κ1) is 21.2. The average molecular weight is 468 g/mol. The first-order valence-electron chi connectivity index (χ1n) is 8.98. The number of nitrogen functional groups attached to an aromatic ring is 1. The molecular formula is C18H16ClF2N7O2S. The highest BCUT2D eigenvalue weighted by atomic mass is 35.5. The van der Waals surface area contributed by atoms with Gasteiger partial charge in [0.25, 0.3) is 6.43 Å². The number of nitrogens with one attached hydrogen (secondary N) is 1. The number of carbonyl (C=O) groups excluding carboxylic acids is 1. The molecule has 4 heterocycles. The number of ether oxygens (including phenoxy) is 1. The topological polar surface area (TPSA) is 121 Å². The number of pyridine rings is 1. The van der Waals surface area contributed by atoms with Crippen LogP contribution < -0.4 is 15.8 Å². The van der Waals surface area contributed by atoms with E-state index in [1.807, 2.05) is 0 Å². The number of rotatable bonds is 6. The molecule has 0 fully saturated rings. The largest absolute Gasteiger partial charge is 0.495 e. The van der Waals surface area contributed by atoms with E-state index in [1.165, 1.54) is 18.9 Å². The van der Waals surface area contributed by atoms with E-state index in [-0.39, 0.29) is 23.8 Å². The van der Waals surface area contributed by atoms with Crippen LogP contribution in [0, 0.1) is 0 Å². The van der Waals surface area contributed by atoms with Crippen molar-refractivity contribution in [1.29, 1.82) is 0 Å². The minimum Gasteiger partial charge on any atom is -0.495 e. The van der Waals surface area contributed by atoms with Crippen LogP contribution in [0.1, 0.15) is 11.4 Å². The van der Waals surface area contributed by atoms with E-state index in [4.69, 9.17) is 22.1 Å². The van der Waals surface area contributed by atoms with Crippen molar-refractivity contribution in [3.63, 3.8) is 0 Å². The lowest BCUT2D eigenvalue weighted by atomic mass is 10.2. The third-order valence-electron chi connectivity index (χ3n) is 4.43. The third kappa shape index (κ3) is 4.26. The van der Waals surface area contributed by atoms with Crippen molar-refractivity contribution >= 4 is 52.3 Å². The van der Waals surface area contributed by atoms with Crippen molar-refractivity contribution in [3.8, 4) is 5.75 Å². The van der Waals surface area contributed by atoms with Gasteiger partial charge < -0.3 is 15.8 Å². The Bertz CT molecular complexity index is 1200. The lowest BCUT2D eigenvalue weighted by Gasteiger charge is -2.09. The number of thioether (sulfide) groups is 1. The molecule has 1 aliphatic rings. The van der Waals surface area contributed by atoms with Gasteiger partial charge in [0.15, 0.2) is 5.65 Å². The second-order valence-corrected chi connectivity index (χ2v) is 7.80. The number of carbonyl (C=O) groups is 1. The van der Waals surface area contributed by atoms with Gasteiger partial charge in [-0.1, -0.05) is 11.6 Å². The van der Waals surface area contributed by atoms with Crippen LogP contribution >= 0.6 is 23.4 Å². The molecule has 9 nitrogen and oxygen atoms in total. The molecule has 13 heteroatoms. The van der Waals surface area contributed by atoms with E-state index in [0.717, 1.165) is 0 Å². The number of nitrogens with two attached hydrogens (primary N) is 1. The molecule has 1 amide bonds. The minimum absolute atomic E-state index is 0.0398. The molecule has 0 atom stereocenters. The van der Waals surface area contributed by atoms with E-state index in [1.54, 1.807) is 23.0 Å². The monoisotopic (exact) mass is 467 g/mol. The van der Waals surface area contributed by atoms with Crippen LogP contribution in [-0.2, 0) is 11.3 Å². The number of methoxy groups -OCH3 is 1. The molecule has 0 bridgehead atoms. The summed E-state index contributed by atoms with van der Waals surface area (Å²) < 4.78 is 31.7. The lowest BCUT2D eigenvalue weighted by molar-refractivity contribution is -0.117. The summed E-state index contributed by atoms with van der Waals surface area (Å²) in [6.45, 7) is -0.571. The normalized spacial score (nSPS) is 13.3. The third-order valence-corrected chi connectivity index (χ3v) is 5.86. The number of halogens is 3. The quantitative estimate of drug-likeness (QED) is 0.530. The fourth-order valence-corrected chi connectivity index (χ4v) is 4.30. The first-order chi connectivity index (χ1) is 14.9. The van der Waals surface area contributed by atoms with E-state index in [2.05, 4.69) is 25.4 Å². The SMILES string of the molecule is COc1ccnc(Cn2nc3c4c(nc(N)nc42)SCC(C(=O)NCC(F)F)=C3)c1Cl. The molecule has 0 aromatic carbocycles. The maximum Gasteiger partial charge on any atom is 0.255 e. The number of anilines is 1. The Labute approximate surface area is 184 Å². The highest BCUT2D eigenvalue weighted by Crippen LogP contribution is 2.35. The Balaban J connectivity index is 1.77. The molecule has 3 aromatic rings. The van der Waals surface area contributed by atoms with Crippen molar-refractivity contribution in [1.82, 2.24) is 30.0 Å². The van der Waals surface area contributed by atoms with Crippen molar-refractivity contribution < 1.29 is 18.3 Å². The summed E-state index contributed by atoms with van der Waals surface area (Å²) in [7, 11) is 1.50. The van der Waals surface area contributed by atoms with Crippen molar-refractivity contribution in [2.24, 2.45) is 0 Å². The fourth-order valence-electron chi connectivity index (χ4n) is 3.04. The Morgan fingerprint density at radius 3 is 3.00 bits per heavy atom. The first-order valence-corrected chi connectivity index (χ1v) is 10.3. The van der Waals surface area contributed by atoms with Gasteiger partial charge in [0.1, 0.15) is 15.8 Å². The minimum atomic E-state index is -2.64. The molecule has 3 N–H and O–H groups in total. The molecule has 31 heavy (non-hydrogen) atoms. The second kappa shape index (κ2) is 8.63. The second-order valence-electron chi connectivity index (χ2n) is 6.46. The van der Waals surface area contributed by atoms with Crippen LogP contribution in [0.5, 0.6) is 5.75 Å². The number of nitrogens with zero attached hydrogens (tertiary/aromatic N) is 5. The molecule has 3 aromatic heterocycles. The van der Waals surface area contributed by atoms with E-state index >= 15 is 0 Å². The molecular weight excluding hydrogens is 452 g/mol. The zero-order valence-electron chi connectivity index (χ0n) is 16.1. The van der Waals surface area contributed by atoms with Crippen LogP contribution in [0.15, 0.2) is 22.9 Å². The van der Waals surface area contributed by atoms with Crippen LogP contribution in [-0.4, -0.2) is 56.5 Å². The molecule has 0 saturated heterocycles.